The number of carboxylic acids is 1. The van der Waals surface area contributed by atoms with E-state index in [4.69, 9.17) is 5.11 Å². The molecule has 4 heteroatoms. The van der Waals surface area contributed by atoms with Crippen molar-refractivity contribution < 1.29 is 9.90 Å². The molecule has 1 unspecified atom stereocenters. The standard InChI is InChI=1S/C11H17NO2S/c1-8(2)11(9-5-4-6-15-9)12(3)7-10(13)14/h4-6,8,11H,7H2,1-3H3,(H,13,14). The van der Waals surface area contributed by atoms with E-state index in [1.807, 2.05) is 23.4 Å². The molecule has 84 valence electrons. The van der Waals surface area contributed by atoms with Gasteiger partial charge in [0.2, 0.25) is 0 Å². The van der Waals surface area contributed by atoms with Gasteiger partial charge in [0.05, 0.1) is 6.54 Å². The van der Waals surface area contributed by atoms with E-state index in [1.54, 1.807) is 11.3 Å². The lowest BCUT2D eigenvalue weighted by molar-refractivity contribution is -0.138. The van der Waals surface area contributed by atoms with Crippen LogP contribution in [-0.2, 0) is 4.79 Å². The molecule has 0 spiro atoms. The number of carbonyl (C=O) groups is 1. The Balaban J connectivity index is 2.79. The van der Waals surface area contributed by atoms with Crippen LogP contribution in [0.3, 0.4) is 0 Å². The summed E-state index contributed by atoms with van der Waals surface area (Å²) >= 11 is 1.68. The van der Waals surface area contributed by atoms with E-state index in [0.717, 1.165) is 0 Å². The van der Waals surface area contributed by atoms with Crippen LogP contribution in [0.1, 0.15) is 24.8 Å². The van der Waals surface area contributed by atoms with E-state index in [2.05, 4.69) is 19.9 Å². The molecule has 0 amide bonds. The first-order chi connectivity index (χ1) is 7.02. The molecule has 1 rings (SSSR count). The second kappa shape index (κ2) is 5.28. The van der Waals surface area contributed by atoms with Gasteiger partial charge in [0.15, 0.2) is 0 Å². The number of aliphatic carboxylic acids is 1. The number of hydrogen-bond acceptors (Lipinski definition) is 3. The molecule has 0 aliphatic heterocycles. The van der Waals surface area contributed by atoms with Crippen LogP contribution in [0.5, 0.6) is 0 Å². The fourth-order valence-electron chi connectivity index (χ4n) is 1.83. The molecule has 1 aromatic heterocycles. The number of carboxylic acid groups (broad SMARTS) is 1. The summed E-state index contributed by atoms with van der Waals surface area (Å²) in [6.45, 7) is 4.31. The topological polar surface area (TPSA) is 40.5 Å². The lowest BCUT2D eigenvalue weighted by Gasteiger charge is -2.29. The Bertz CT molecular complexity index is 308. The molecule has 1 aromatic rings. The Morgan fingerprint density at radius 1 is 1.60 bits per heavy atom. The first-order valence-electron chi connectivity index (χ1n) is 4.97. The maximum atomic E-state index is 10.7. The van der Waals surface area contributed by atoms with Gasteiger partial charge < -0.3 is 5.11 Å². The molecule has 1 N–H and O–H groups in total. The third kappa shape index (κ3) is 3.32. The first-order valence-corrected chi connectivity index (χ1v) is 5.85. The molecule has 0 aliphatic rings. The largest absolute Gasteiger partial charge is 0.480 e. The normalized spacial score (nSPS) is 13.4. The van der Waals surface area contributed by atoms with Crippen molar-refractivity contribution >= 4 is 17.3 Å². The van der Waals surface area contributed by atoms with Crippen molar-refractivity contribution in [3.63, 3.8) is 0 Å². The molecular weight excluding hydrogens is 210 g/mol. The van der Waals surface area contributed by atoms with Crippen LogP contribution < -0.4 is 0 Å². The fourth-order valence-corrected chi connectivity index (χ4v) is 2.89. The molecule has 0 radical (unpaired) electrons. The SMILES string of the molecule is CC(C)C(c1cccs1)N(C)CC(=O)O. The third-order valence-electron chi connectivity index (χ3n) is 2.33. The second-order valence-electron chi connectivity index (χ2n) is 4.01. The van der Waals surface area contributed by atoms with E-state index in [1.165, 1.54) is 4.88 Å². The maximum absolute atomic E-state index is 10.7. The molecule has 1 atom stereocenters. The van der Waals surface area contributed by atoms with Crippen LogP contribution in [0.2, 0.25) is 0 Å². The lowest BCUT2D eigenvalue weighted by atomic mass is 10.0. The molecule has 15 heavy (non-hydrogen) atoms. The average molecular weight is 227 g/mol. The molecule has 0 saturated carbocycles. The molecule has 0 aromatic carbocycles. The summed E-state index contributed by atoms with van der Waals surface area (Å²) in [5.41, 5.74) is 0. The number of likely N-dealkylation sites (N-methyl/N-ethyl adjacent to an activating group) is 1. The highest BCUT2D eigenvalue weighted by Crippen LogP contribution is 2.30. The van der Waals surface area contributed by atoms with Crippen LogP contribution >= 0.6 is 11.3 Å². The summed E-state index contributed by atoms with van der Waals surface area (Å²) in [5, 5.41) is 10.8. The van der Waals surface area contributed by atoms with Crippen molar-refractivity contribution in [1.29, 1.82) is 0 Å². The molecular formula is C11H17NO2S. The minimum absolute atomic E-state index is 0.0841. The fraction of sp³-hybridized carbons (Fsp3) is 0.545. The molecule has 0 fully saturated rings. The van der Waals surface area contributed by atoms with E-state index >= 15 is 0 Å². The zero-order valence-electron chi connectivity index (χ0n) is 9.30. The van der Waals surface area contributed by atoms with E-state index in [0.29, 0.717) is 5.92 Å². The highest BCUT2D eigenvalue weighted by atomic mass is 32.1. The lowest BCUT2D eigenvalue weighted by Crippen LogP contribution is -2.32. The summed E-state index contributed by atoms with van der Waals surface area (Å²) < 4.78 is 0. The van der Waals surface area contributed by atoms with E-state index in [9.17, 15) is 4.79 Å². The van der Waals surface area contributed by atoms with Crippen LogP contribution in [-0.4, -0.2) is 29.6 Å². The van der Waals surface area contributed by atoms with Crippen molar-refractivity contribution in [2.45, 2.75) is 19.9 Å². The summed E-state index contributed by atoms with van der Waals surface area (Å²) in [4.78, 5) is 13.8. The van der Waals surface area contributed by atoms with Gasteiger partial charge >= 0.3 is 5.97 Å². The Morgan fingerprint density at radius 3 is 2.67 bits per heavy atom. The van der Waals surface area contributed by atoms with Gasteiger partial charge in [-0.1, -0.05) is 19.9 Å². The smallest absolute Gasteiger partial charge is 0.317 e. The van der Waals surface area contributed by atoms with Crippen LogP contribution in [0.4, 0.5) is 0 Å². The third-order valence-corrected chi connectivity index (χ3v) is 3.27. The van der Waals surface area contributed by atoms with Crippen molar-refractivity contribution in [2.75, 3.05) is 13.6 Å². The van der Waals surface area contributed by atoms with Gasteiger partial charge in [-0.2, -0.15) is 0 Å². The van der Waals surface area contributed by atoms with Gasteiger partial charge in [0.25, 0.3) is 0 Å². The zero-order valence-corrected chi connectivity index (χ0v) is 10.1. The molecule has 3 nitrogen and oxygen atoms in total. The quantitative estimate of drug-likeness (QED) is 0.840. The number of hydrogen-bond donors (Lipinski definition) is 1. The maximum Gasteiger partial charge on any atom is 0.317 e. The minimum Gasteiger partial charge on any atom is -0.480 e. The molecule has 0 bridgehead atoms. The van der Waals surface area contributed by atoms with Crippen LogP contribution in [0, 0.1) is 5.92 Å². The summed E-state index contributed by atoms with van der Waals surface area (Å²) in [6.07, 6.45) is 0. The Morgan fingerprint density at radius 2 is 2.27 bits per heavy atom. The van der Waals surface area contributed by atoms with Crippen LogP contribution in [0.15, 0.2) is 17.5 Å². The molecule has 1 heterocycles. The number of rotatable bonds is 5. The Hall–Kier alpha value is -0.870. The Labute approximate surface area is 94.3 Å². The van der Waals surface area contributed by atoms with Gasteiger partial charge in [-0.3, -0.25) is 9.69 Å². The number of nitrogens with zero attached hydrogens (tertiary/aromatic N) is 1. The Kier molecular flexibility index (Phi) is 4.29. The summed E-state index contributed by atoms with van der Waals surface area (Å²) in [7, 11) is 1.86. The molecule has 0 aliphatic carbocycles. The van der Waals surface area contributed by atoms with Gasteiger partial charge in [0, 0.05) is 10.9 Å². The van der Waals surface area contributed by atoms with Gasteiger partial charge in [-0.05, 0) is 24.4 Å². The highest BCUT2D eigenvalue weighted by molar-refractivity contribution is 7.10. The van der Waals surface area contributed by atoms with Crippen molar-refractivity contribution in [1.82, 2.24) is 4.90 Å². The second-order valence-corrected chi connectivity index (χ2v) is 4.99. The highest BCUT2D eigenvalue weighted by Gasteiger charge is 2.22. The van der Waals surface area contributed by atoms with Gasteiger partial charge in [-0.25, -0.2) is 0 Å². The van der Waals surface area contributed by atoms with Gasteiger partial charge in [-0.15, -0.1) is 11.3 Å². The predicted octanol–water partition coefficient (Wildman–Crippen LogP) is 2.46. The number of thiophene rings is 1. The predicted molar refractivity (Wildman–Crippen MR) is 62.2 cm³/mol. The van der Waals surface area contributed by atoms with Crippen molar-refractivity contribution in [2.24, 2.45) is 5.92 Å². The van der Waals surface area contributed by atoms with Crippen molar-refractivity contribution in [3.8, 4) is 0 Å². The summed E-state index contributed by atoms with van der Waals surface area (Å²) in [5.74, 6) is -0.368. The van der Waals surface area contributed by atoms with E-state index < -0.39 is 5.97 Å². The van der Waals surface area contributed by atoms with Crippen molar-refractivity contribution in [3.05, 3.63) is 22.4 Å². The summed E-state index contributed by atoms with van der Waals surface area (Å²) in [6, 6.07) is 4.26. The minimum atomic E-state index is -0.778. The monoisotopic (exact) mass is 227 g/mol. The first kappa shape index (κ1) is 12.2. The zero-order chi connectivity index (χ0) is 11.4. The van der Waals surface area contributed by atoms with Gasteiger partial charge in [0.1, 0.15) is 0 Å². The van der Waals surface area contributed by atoms with Crippen LogP contribution in [0.25, 0.3) is 0 Å². The van der Waals surface area contributed by atoms with E-state index in [-0.39, 0.29) is 12.6 Å². The molecule has 0 saturated heterocycles. The average Bonchev–Trinajstić information content (AvgIpc) is 2.54.